The number of ketones is 2. The number of ether oxygens (including phenoxy) is 1. The van der Waals surface area contributed by atoms with Crippen molar-refractivity contribution in [2.24, 2.45) is 11.1 Å². The lowest BCUT2D eigenvalue weighted by Crippen LogP contribution is -2.40. The average Bonchev–Trinajstić information content (AvgIpc) is 2.66. The van der Waals surface area contributed by atoms with Crippen molar-refractivity contribution in [1.29, 1.82) is 0 Å². The number of benzene rings is 1. The van der Waals surface area contributed by atoms with Crippen LogP contribution < -0.4 is 16.4 Å². The number of carbonyl (C=O) groups excluding carboxylic acids is 5. The van der Waals surface area contributed by atoms with Crippen LogP contribution in [0, 0.1) is 5.41 Å². The number of carbonyl (C=O) groups is 5. The Morgan fingerprint density at radius 2 is 1.69 bits per heavy atom. The summed E-state index contributed by atoms with van der Waals surface area (Å²) >= 11 is 0. The third kappa shape index (κ3) is 9.00. The van der Waals surface area contributed by atoms with Crippen LogP contribution >= 0.6 is 0 Å². The number of nitrogens with two attached hydrogens (primary N) is 1. The van der Waals surface area contributed by atoms with Crippen LogP contribution in [0.15, 0.2) is 30.3 Å². The fraction of sp³-hybridized carbons (Fsp3) is 0.450. The van der Waals surface area contributed by atoms with Crippen molar-refractivity contribution in [3.8, 4) is 0 Å². The van der Waals surface area contributed by atoms with Crippen LogP contribution in [-0.2, 0) is 23.9 Å². The molecule has 1 atom stereocenters. The molecule has 0 unspecified atom stereocenters. The first-order chi connectivity index (χ1) is 13.5. The SMILES string of the molecule is CC(C)(C)C(=O)C(=O)N[C@H](CCC(=O)CNC(=O)COC(N)=O)c1ccccc1. The molecule has 3 amide bonds. The maximum Gasteiger partial charge on any atom is 0.405 e. The van der Waals surface area contributed by atoms with Crippen molar-refractivity contribution in [3.63, 3.8) is 0 Å². The summed E-state index contributed by atoms with van der Waals surface area (Å²) in [5, 5.41) is 5.01. The summed E-state index contributed by atoms with van der Waals surface area (Å²) < 4.78 is 4.32. The largest absolute Gasteiger partial charge is 0.440 e. The third-order valence-corrected chi connectivity index (χ3v) is 3.93. The summed E-state index contributed by atoms with van der Waals surface area (Å²) in [6.07, 6.45) is -0.780. The normalized spacial score (nSPS) is 11.8. The zero-order valence-electron chi connectivity index (χ0n) is 16.8. The fourth-order valence-corrected chi connectivity index (χ4v) is 2.35. The molecule has 4 N–H and O–H groups in total. The summed E-state index contributed by atoms with van der Waals surface area (Å²) in [6.45, 7) is 4.14. The molecular formula is C20H27N3O6. The molecule has 0 radical (unpaired) electrons. The summed E-state index contributed by atoms with van der Waals surface area (Å²) in [4.78, 5) is 58.4. The van der Waals surface area contributed by atoms with Crippen LogP contribution in [0.1, 0.15) is 45.2 Å². The standard InChI is InChI=1S/C20H27N3O6/c1-20(2,3)17(26)18(27)23-15(13-7-5-4-6-8-13)10-9-14(24)11-22-16(25)12-29-19(21)28/h4-8,15H,9-12H2,1-3H3,(H2,21,28)(H,22,25)(H,23,27)/t15-/m1/s1. The van der Waals surface area contributed by atoms with Gasteiger partial charge in [-0.1, -0.05) is 51.1 Å². The van der Waals surface area contributed by atoms with E-state index in [1.807, 2.05) is 6.07 Å². The number of nitrogens with one attached hydrogen (secondary N) is 2. The molecule has 0 saturated heterocycles. The molecule has 29 heavy (non-hydrogen) atoms. The Bertz CT molecular complexity index is 755. The third-order valence-electron chi connectivity index (χ3n) is 3.93. The van der Waals surface area contributed by atoms with E-state index in [2.05, 4.69) is 15.4 Å². The zero-order valence-corrected chi connectivity index (χ0v) is 16.8. The summed E-state index contributed by atoms with van der Waals surface area (Å²) in [7, 11) is 0. The minimum absolute atomic E-state index is 0.0561. The van der Waals surface area contributed by atoms with E-state index in [0.29, 0.717) is 0 Å². The van der Waals surface area contributed by atoms with Crippen molar-refractivity contribution in [2.75, 3.05) is 13.2 Å². The molecule has 0 heterocycles. The van der Waals surface area contributed by atoms with Gasteiger partial charge in [-0.15, -0.1) is 0 Å². The number of hydrogen-bond acceptors (Lipinski definition) is 6. The van der Waals surface area contributed by atoms with E-state index < -0.39 is 41.8 Å². The maximum atomic E-state index is 12.3. The molecule has 0 spiro atoms. The van der Waals surface area contributed by atoms with Crippen molar-refractivity contribution in [1.82, 2.24) is 10.6 Å². The topological polar surface area (TPSA) is 145 Å². The highest BCUT2D eigenvalue weighted by Gasteiger charge is 2.30. The first-order valence-electron chi connectivity index (χ1n) is 9.11. The van der Waals surface area contributed by atoms with Gasteiger partial charge in [0.1, 0.15) is 0 Å². The van der Waals surface area contributed by atoms with Crippen molar-refractivity contribution in [2.45, 2.75) is 39.7 Å². The van der Waals surface area contributed by atoms with Gasteiger partial charge in [-0.25, -0.2) is 4.79 Å². The van der Waals surface area contributed by atoms with Gasteiger partial charge < -0.3 is 21.1 Å². The van der Waals surface area contributed by atoms with E-state index in [-0.39, 0.29) is 25.2 Å². The molecule has 158 valence electrons. The highest BCUT2D eigenvalue weighted by Crippen LogP contribution is 2.20. The monoisotopic (exact) mass is 405 g/mol. The van der Waals surface area contributed by atoms with Gasteiger partial charge in [0.2, 0.25) is 5.78 Å². The summed E-state index contributed by atoms with van der Waals surface area (Å²) in [6, 6.07) is 8.45. The first kappa shape index (κ1) is 23.8. The van der Waals surface area contributed by atoms with E-state index in [1.165, 1.54) is 0 Å². The van der Waals surface area contributed by atoms with Crippen molar-refractivity contribution >= 4 is 29.5 Å². The highest BCUT2D eigenvalue weighted by molar-refractivity contribution is 6.37. The van der Waals surface area contributed by atoms with E-state index in [0.717, 1.165) is 5.56 Å². The molecule has 0 aromatic heterocycles. The lowest BCUT2D eigenvalue weighted by atomic mass is 9.90. The second-order valence-corrected chi connectivity index (χ2v) is 7.48. The summed E-state index contributed by atoms with van der Waals surface area (Å²) in [5.41, 5.74) is 4.69. The predicted molar refractivity (Wildman–Crippen MR) is 105 cm³/mol. The van der Waals surface area contributed by atoms with E-state index in [4.69, 9.17) is 5.73 Å². The maximum absolute atomic E-state index is 12.3. The molecule has 0 saturated carbocycles. The average molecular weight is 405 g/mol. The molecule has 0 fully saturated rings. The molecular weight excluding hydrogens is 378 g/mol. The summed E-state index contributed by atoms with van der Waals surface area (Å²) in [5.74, 6) is -2.20. The number of rotatable bonds is 10. The molecule has 9 nitrogen and oxygen atoms in total. The van der Waals surface area contributed by atoms with Gasteiger partial charge in [0.15, 0.2) is 12.4 Å². The Labute approximate surface area is 169 Å². The fourth-order valence-electron chi connectivity index (χ4n) is 2.35. The molecule has 1 aromatic rings. The quantitative estimate of drug-likeness (QED) is 0.496. The Morgan fingerprint density at radius 3 is 2.24 bits per heavy atom. The van der Waals surface area contributed by atoms with Crippen LogP contribution in [0.2, 0.25) is 0 Å². The zero-order chi connectivity index (χ0) is 22.0. The minimum atomic E-state index is -1.09. The van der Waals surface area contributed by atoms with Crippen LogP contribution in [0.5, 0.6) is 0 Å². The molecule has 9 heteroatoms. The molecule has 0 aliphatic rings. The first-order valence-corrected chi connectivity index (χ1v) is 9.11. The van der Waals surface area contributed by atoms with Crippen LogP contribution in [0.3, 0.4) is 0 Å². The van der Waals surface area contributed by atoms with Crippen molar-refractivity contribution < 1.29 is 28.7 Å². The minimum Gasteiger partial charge on any atom is -0.440 e. The second kappa shape index (κ2) is 10.9. The van der Waals surface area contributed by atoms with Crippen LogP contribution in [0.25, 0.3) is 0 Å². The molecule has 1 rings (SSSR count). The number of hydrogen-bond donors (Lipinski definition) is 3. The lowest BCUT2D eigenvalue weighted by molar-refractivity contribution is -0.142. The van der Waals surface area contributed by atoms with E-state index in [1.54, 1.807) is 45.0 Å². The van der Waals surface area contributed by atoms with Crippen LogP contribution in [-0.4, -0.2) is 42.6 Å². The molecule has 0 aliphatic carbocycles. The van der Waals surface area contributed by atoms with E-state index in [9.17, 15) is 24.0 Å². The number of Topliss-reactive ketones (excluding diaryl/α,β-unsaturated/α-hetero) is 2. The molecule has 1 aromatic carbocycles. The second-order valence-electron chi connectivity index (χ2n) is 7.48. The Kier molecular flexibility index (Phi) is 8.98. The highest BCUT2D eigenvalue weighted by atomic mass is 16.5. The van der Waals surface area contributed by atoms with Gasteiger partial charge in [0.25, 0.3) is 11.8 Å². The van der Waals surface area contributed by atoms with Gasteiger partial charge in [-0.3, -0.25) is 19.2 Å². The lowest BCUT2D eigenvalue weighted by Gasteiger charge is -2.22. The van der Waals surface area contributed by atoms with Crippen molar-refractivity contribution in [3.05, 3.63) is 35.9 Å². The molecule has 0 bridgehead atoms. The van der Waals surface area contributed by atoms with E-state index >= 15 is 0 Å². The van der Waals surface area contributed by atoms with Gasteiger partial charge in [-0.05, 0) is 12.0 Å². The Morgan fingerprint density at radius 1 is 1.07 bits per heavy atom. The van der Waals surface area contributed by atoms with Gasteiger partial charge in [-0.2, -0.15) is 0 Å². The molecule has 0 aliphatic heterocycles. The van der Waals surface area contributed by atoms with Gasteiger partial charge in [0, 0.05) is 11.8 Å². The predicted octanol–water partition coefficient (Wildman–Crippen LogP) is 1.02. The van der Waals surface area contributed by atoms with Gasteiger partial charge >= 0.3 is 6.09 Å². The van der Waals surface area contributed by atoms with Gasteiger partial charge in [0.05, 0.1) is 12.6 Å². The Hall–Kier alpha value is -3.23. The van der Waals surface area contributed by atoms with Crippen LogP contribution in [0.4, 0.5) is 4.79 Å². The number of primary amides is 1. The smallest absolute Gasteiger partial charge is 0.405 e. The Balaban J connectivity index is 2.66. The number of amides is 3.